The lowest BCUT2D eigenvalue weighted by molar-refractivity contribution is 0.304. The molecule has 0 aromatic carbocycles. The number of sulfonamides is 1. The molecular weight excluding hydrogens is 340 g/mol. The minimum atomic E-state index is -3.05. The molecule has 0 N–H and O–H groups in total. The van der Waals surface area contributed by atoms with Gasteiger partial charge in [-0.2, -0.15) is 0 Å². The Morgan fingerprint density at radius 3 is 2.40 bits per heavy atom. The van der Waals surface area contributed by atoms with Gasteiger partial charge in [0.2, 0.25) is 10.0 Å². The molecule has 20 heavy (non-hydrogen) atoms. The predicted octanol–water partition coefficient (Wildman–Crippen LogP) is 2.30. The second-order valence-corrected chi connectivity index (χ2v) is 8.87. The fraction of sp³-hybridized carbons (Fsp3) is 1.00. The van der Waals surface area contributed by atoms with Crippen molar-refractivity contribution < 1.29 is 8.42 Å². The lowest BCUT2D eigenvalue weighted by atomic mass is 9.91. The molecule has 0 spiro atoms. The summed E-state index contributed by atoms with van der Waals surface area (Å²) in [7, 11) is -3.05. The third-order valence-electron chi connectivity index (χ3n) is 4.51. The molecule has 1 heterocycles. The molecule has 1 aliphatic heterocycles. The van der Waals surface area contributed by atoms with Gasteiger partial charge >= 0.3 is 0 Å². The third-order valence-corrected chi connectivity index (χ3v) is 6.91. The fourth-order valence-corrected chi connectivity index (χ4v) is 5.73. The maximum Gasteiger partial charge on any atom is 0.214 e. The van der Waals surface area contributed by atoms with Crippen molar-refractivity contribution >= 4 is 26.0 Å². The van der Waals surface area contributed by atoms with Gasteiger partial charge in [-0.3, -0.25) is 0 Å². The highest BCUT2D eigenvalue weighted by Crippen LogP contribution is 2.26. The largest absolute Gasteiger partial charge is 0.301 e. The maximum atomic E-state index is 12.6. The van der Waals surface area contributed by atoms with E-state index >= 15 is 0 Å². The Kier molecular flexibility index (Phi) is 6.78. The molecule has 0 radical (unpaired) electrons. The molecule has 0 unspecified atom stereocenters. The SMILES string of the molecule is O=S(=O)(CC1CCCCC1)N1CCCN(CCBr)CC1. The molecule has 1 saturated heterocycles. The summed E-state index contributed by atoms with van der Waals surface area (Å²) < 4.78 is 26.9. The van der Waals surface area contributed by atoms with Crippen LogP contribution in [0.1, 0.15) is 38.5 Å². The molecule has 0 atom stereocenters. The van der Waals surface area contributed by atoms with Crippen molar-refractivity contribution in [3.8, 4) is 0 Å². The molecule has 0 amide bonds. The molecule has 0 aromatic rings. The molecular formula is C14H27BrN2O2S. The van der Waals surface area contributed by atoms with E-state index in [1.807, 2.05) is 0 Å². The van der Waals surface area contributed by atoms with E-state index in [9.17, 15) is 8.42 Å². The molecule has 4 nitrogen and oxygen atoms in total. The minimum Gasteiger partial charge on any atom is -0.301 e. The highest BCUT2D eigenvalue weighted by Gasteiger charge is 2.28. The third kappa shape index (κ3) is 4.97. The van der Waals surface area contributed by atoms with Gasteiger partial charge in [-0.05, 0) is 31.7 Å². The molecule has 6 heteroatoms. The summed E-state index contributed by atoms with van der Waals surface area (Å²) >= 11 is 3.46. The average Bonchev–Trinajstić information content (AvgIpc) is 2.66. The van der Waals surface area contributed by atoms with Gasteiger partial charge in [0.25, 0.3) is 0 Å². The standard InChI is InChI=1S/C14H27BrN2O2S/c15-7-10-16-8-4-9-17(12-11-16)20(18,19)13-14-5-2-1-3-6-14/h14H,1-13H2. The summed E-state index contributed by atoms with van der Waals surface area (Å²) in [5, 5.41) is 0.960. The Morgan fingerprint density at radius 2 is 1.70 bits per heavy atom. The molecule has 118 valence electrons. The van der Waals surface area contributed by atoms with E-state index in [0.29, 0.717) is 24.8 Å². The van der Waals surface area contributed by atoms with Crippen LogP contribution >= 0.6 is 15.9 Å². The number of hydrogen-bond acceptors (Lipinski definition) is 3. The Bertz CT molecular complexity index is 383. The van der Waals surface area contributed by atoms with Gasteiger partial charge in [0.1, 0.15) is 0 Å². The highest BCUT2D eigenvalue weighted by atomic mass is 79.9. The Labute approximate surface area is 132 Å². The van der Waals surface area contributed by atoms with Gasteiger partial charge in [-0.15, -0.1) is 0 Å². The molecule has 2 rings (SSSR count). The summed E-state index contributed by atoms with van der Waals surface area (Å²) in [6.45, 7) is 4.27. The number of halogens is 1. The van der Waals surface area contributed by atoms with Gasteiger partial charge in [0.15, 0.2) is 0 Å². The summed E-state index contributed by atoms with van der Waals surface area (Å²) in [4.78, 5) is 2.35. The van der Waals surface area contributed by atoms with E-state index in [0.717, 1.165) is 44.2 Å². The van der Waals surface area contributed by atoms with Crippen LogP contribution in [0.3, 0.4) is 0 Å². The topological polar surface area (TPSA) is 40.6 Å². The van der Waals surface area contributed by atoms with Crippen molar-refractivity contribution in [2.24, 2.45) is 5.92 Å². The number of rotatable bonds is 5. The smallest absolute Gasteiger partial charge is 0.214 e. The molecule has 2 fully saturated rings. The van der Waals surface area contributed by atoms with Crippen LogP contribution in [0, 0.1) is 5.92 Å². The van der Waals surface area contributed by atoms with E-state index in [1.54, 1.807) is 4.31 Å². The van der Waals surface area contributed by atoms with Crippen LogP contribution in [0.15, 0.2) is 0 Å². The van der Waals surface area contributed by atoms with Crippen LogP contribution < -0.4 is 0 Å². The zero-order valence-electron chi connectivity index (χ0n) is 12.3. The first kappa shape index (κ1) is 16.7. The predicted molar refractivity (Wildman–Crippen MR) is 86.8 cm³/mol. The van der Waals surface area contributed by atoms with Gasteiger partial charge in [-0.25, -0.2) is 12.7 Å². The van der Waals surface area contributed by atoms with Crippen molar-refractivity contribution in [1.82, 2.24) is 9.21 Å². The van der Waals surface area contributed by atoms with E-state index in [2.05, 4.69) is 20.8 Å². The van der Waals surface area contributed by atoms with Crippen molar-refractivity contribution in [2.75, 3.05) is 43.8 Å². The Balaban J connectivity index is 1.88. The molecule has 0 bridgehead atoms. The van der Waals surface area contributed by atoms with E-state index in [1.165, 1.54) is 19.3 Å². The van der Waals surface area contributed by atoms with Crippen LogP contribution in [-0.4, -0.2) is 61.4 Å². The fourth-order valence-electron chi connectivity index (χ4n) is 3.33. The van der Waals surface area contributed by atoms with Crippen molar-refractivity contribution in [2.45, 2.75) is 38.5 Å². The van der Waals surface area contributed by atoms with Crippen LogP contribution in [0.25, 0.3) is 0 Å². The summed E-state index contributed by atoms with van der Waals surface area (Å²) in [6, 6.07) is 0. The lowest BCUT2D eigenvalue weighted by Gasteiger charge is -2.26. The maximum absolute atomic E-state index is 12.6. The number of nitrogens with zero attached hydrogens (tertiary/aromatic N) is 2. The first-order valence-corrected chi connectivity index (χ1v) is 10.6. The second kappa shape index (κ2) is 8.11. The van der Waals surface area contributed by atoms with Crippen LogP contribution in [-0.2, 0) is 10.0 Å². The molecule has 1 saturated carbocycles. The lowest BCUT2D eigenvalue weighted by Crippen LogP contribution is -2.38. The normalized spacial score (nSPS) is 24.6. The van der Waals surface area contributed by atoms with Crippen molar-refractivity contribution in [3.05, 3.63) is 0 Å². The van der Waals surface area contributed by atoms with E-state index < -0.39 is 10.0 Å². The monoisotopic (exact) mass is 366 g/mol. The first-order valence-electron chi connectivity index (χ1n) is 7.88. The summed E-state index contributed by atoms with van der Waals surface area (Å²) in [6.07, 6.45) is 6.85. The Hall–Kier alpha value is 0.350. The van der Waals surface area contributed by atoms with E-state index in [4.69, 9.17) is 0 Å². The molecule has 0 aromatic heterocycles. The Morgan fingerprint density at radius 1 is 0.950 bits per heavy atom. The quantitative estimate of drug-likeness (QED) is 0.700. The second-order valence-electron chi connectivity index (χ2n) is 6.07. The summed E-state index contributed by atoms with van der Waals surface area (Å²) in [5.74, 6) is 0.779. The van der Waals surface area contributed by atoms with Crippen LogP contribution in [0.5, 0.6) is 0 Å². The van der Waals surface area contributed by atoms with Crippen molar-refractivity contribution in [1.29, 1.82) is 0 Å². The number of hydrogen-bond donors (Lipinski definition) is 0. The number of alkyl halides is 1. The summed E-state index contributed by atoms with van der Waals surface area (Å²) in [5.41, 5.74) is 0. The zero-order chi connectivity index (χ0) is 14.4. The van der Waals surface area contributed by atoms with Gasteiger partial charge < -0.3 is 4.90 Å². The van der Waals surface area contributed by atoms with Gasteiger partial charge in [0, 0.05) is 31.5 Å². The van der Waals surface area contributed by atoms with Gasteiger partial charge in [0.05, 0.1) is 5.75 Å². The van der Waals surface area contributed by atoms with Crippen LogP contribution in [0.4, 0.5) is 0 Å². The molecule has 1 aliphatic carbocycles. The highest BCUT2D eigenvalue weighted by molar-refractivity contribution is 9.09. The van der Waals surface area contributed by atoms with Gasteiger partial charge in [-0.1, -0.05) is 35.2 Å². The van der Waals surface area contributed by atoms with Crippen LogP contribution in [0.2, 0.25) is 0 Å². The average molecular weight is 367 g/mol. The zero-order valence-corrected chi connectivity index (χ0v) is 14.7. The first-order chi connectivity index (χ1) is 9.62. The van der Waals surface area contributed by atoms with Crippen molar-refractivity contribution in [3.63, 3.8) is 0 Å². The minimum absolute atomic E-state index is 0.380. The molecule has 2 aliphatic rings. The van der Waals surface area contributed by atoms with E-state index in [-0.39, 0.29) is 0 Å².